The minimum Gasteiger partial charge on any atom is -0.497 e. The van der Waals surface area contributed by atoms with Gasteiger partial charge >= 0.3 is 0 Å². The molecule has 2 aromatic heterocycles. The molecule has 0 saturated carbocycles. The van der Waals surface area contributed by atoms with E-state index in [-0.39, 0.29) is 28.1 Å². The van der Waals surface area contributed by atoms with Gasteiger partial charge in [-0.15, -0.1) is 0 Å². The van der Waals surface area contributed by atoms with E-state index in [9.17, 15) is 8.42 Å². The van der Waals surface area contributed by atoms with Crippen molar-refractivity contribution in [3.8, 4) is 11.5 Å². The van der Waals surface area contributed by atoms with Gasteiger partial charge in [0.15, 0.2) is 0 Å². The smallest absolute Gasteiger partial charge is 0.274 e. The summed E-state index contributed by atoms with van der Waals surface area (Å²) in [4.78, 5) is 11.2. The summed E-state index contributed by atoms with van der Waals surface area (Å²) in [6.45, 7) is 3.76. The average molecular weight is 430 g/mol. The van der Waals surface area contributed by atoms with Crippen LogP contribution in [0.25, 0.3) is 11.0 Å². The summed E-state index contributed by atoms with van der Waals surface area (Å²) in [6.07, 6.45) is 1.66. The molecule has 3 rings (SSSR count). The maximum Gasteiger partial charge on any atom is 0.274 e. The number of nitrogens with one attached hydrogen (secondary N) is 2. The number of nitrogens with zero attached hydrogens (tertiary/aromatic N) is 2. The van der Waals surface area contributed by atoms with E-state index in [1.54, 1.807) is 31.5 Å². The second kappa shape index (κ2) is 10.1. The van der Waals surface area contributed by atoms with E-state index in [1.807, 2.05) is 13.8 Å². The van der Waals surface area contributed by atoms with Crippen LogP contribution in [0.3, 0.4) is 0 Å². The zero-order chi connectivity index (χ0) is 18.9. The standard InChI is InChI=1S/C17H20N4O4S.3H2O/c1-10-8-18-15(11(2)16(10)25-4)9-19-26(22,23)17-20-13-6-5-12(24-3)7-14(13)21-17;;;/h5-8,19H,9H2,1-4H3,(H,20,21);3*1H2. The third kappa shape index (κ3) is 5.19. The van der Waals surface area contributed by atoms with Crippen LogP contribution in [-0.4, -0.2) is 54.0 Å². The fraction of sp³-hybridized carbons (Fsp3) is 0.294. The van der Waals surface area contributed by atoms with Gasteiger partial charge in [-0.05, 0) is 26.0 Å². The number of aryl methyl sites for hydroxylation is 1. The number of methoxy groups -OCH3 is 2. The van der Waals surface area contributed by atoms with Crippen molar-refractivity contribution < 1.29 is 34.3 Å². The summed E-state index contributed by atoms with van der Waals surface area (Å²) < 4.78 is 38.1. The quantitative estimate of drug-likeness (QED) is 0.532. The van der Waals surface area contributed by atoms with Crippen LogP contribution in [0.1, 0.15) is 16.8 Å². The molecule has 162 valence electrons. The molecule has 11 nitrogen and oxygen atoms in total. The Bertz CT molecular complexity index is 1070. The predicted octanol–water partition coefficient (Wildman–Crippen LogP) is -0.404. The lowest BCUT2D eigenvalue weighted by atomic mass is 10.1. The topological polar surface area (TPSA) is 201 Å². The first kappa shape index (κ1) is 26.2. The lowest BCUT2D eigenvalue weighted by Crippen LogP contribution is -2.25. The molecule has 12 heteroatoms. The summed E-state index contributed by atoms with van der Waals surface area (Å²) in [5, 5.41) is -0.155. The Kier molecular flexibility index (Phi) is 9.17. The molecule has 0 fully saturated rings. The number of H-pyrrole nitrogens is 1. The highest BCUT2D eigenvalue weighted by molar-refractivity contribution is 7.89. The summed E-state index contributed by atoms with van der Waals surface area (Å²) >= 11 is 0. The van der Waals surface area contributed by atoms with Gasteiger partial charge in [0.05, 0.1) is 37.5 Å². The largest absolute Gasteiger partial charge is 0.497 e. The molecule has 29 heavy (non-hydrogen) atoms. The molecule has 0 radical (unpaired) electrons. The SMILES string of the molecule is COc1ccc2[nH]c(S(=O)(=O)NCc3ncc(C)c(OC)c3C)nc2c1.O.O.O. The van der Waals surface area contributed by atoms with Gasteiger partial charge in [-0.3, -0.25) is 4.98 Å². The highest BCUT2D eigenvalue weighted by atomic mass is 32.2. The number of pyridine rings is 1. The minimum absolute atomic E-state index is 0. The molecule has 0 amide bonds. The highest BCUT2D eigenvalue weighted by Crippen LogP contribution is 2.24. The molecule has 0 aliphatic heterocycles. The zero-order valence-corrected chi connectivity index (χ0v) is 17.3. The van der Waals surface area contributed by atoms with E-state index >= 15 is 0 Å². The fourth-order valence-corrected chi connectivity index (χ4v) is 3.62. The second-order valence-electron chi connectivity index (χ2n) is 5.80. The Balaban J connectivity index is 0.00000261. The molecule has 0 saturated heterocycles. The maximum absolute atomic E-state index is 12.6. The lowest BCUT2D eigenvalue weighted by Gasteiger charge is -2.12. The molecule has 0 aliphatic rings. The number of aromatic nitrogens is 3. The molecule has 0 aliphatic carbocycles. The van der Waals surface area contributed by atoms with Crippen LogP contribution in [0.4, 0.5) is 0 Å². The van der Waals surface area contributed by atoms with Gasteiger partial charge in [0, 0.05) is 23.4 Å². The number of hydrogen-bond acceptors (Lipinski definition) is 6. The van der Waals surface area contributed by atoms with Crippen LogP contribution < -0.4 is 14.2 Å². The van der Waals surface area contributed by atoms with Crippen LogP contribution >= 0.6 is 0 Å². The summed E-state index contributed by atoms with van der Waals surface area (Å²) in [6, 6.07) is 5.12. The van der Waals surface area contributed by atoms with E-state index in [2.05, 4.69) is 19.7 Å². The molecular formula is C17H26N4O7S. The fourth-order valence-electron chi connectivity index (χ4n) is 2.70. The molecule has 0 unspecified atom stereocenters. The first-order valence-corrected chi connectivity index (χ1v) is 9.36. The van der Waals surface area contributed by atoms with Crippen molar-refractivity contribution in [1.82, 2.24) is 19.7 Å². The van der Waals surface area contributed by atoms with Crippen LogP contribution in [0.2, 0.25) is 0 Å². The molecule has 0 atom stereocenters. The van der Waals surface area contributed by atoms with Gasteiger partial charge in [-0.25, -0.2) is 18.1 Å². The normalized spacial score (nSPS) is 10.5. The third-order valence-corrected chi connectivity index (χ3v) is 5.33. The zero-order valence-electron chi connectivity index (χ0n) is 16.5. The van der Waals surface area contributed by atoms with Crippen molar-refractivity contribution in [2.24, 2.45) is 0 Å². The van der Waals surface area contributed by atoms with Crippen molar-refractivity contribution in [1.29, 1.82) is 0 Å². The Morgan fingerprint density at radius 3 is 2.41 bits per heavy atom. The Morgan fingerprint density at radius 1 is 1.10 bits per heavy atom. The Labute approximate surface area is 168 Å². The van der Waals surface area contributed by atoms with Crippen LogP contribution in [0.15, 0.2) is 29.6 Å². The van der Waals surface area contributed by atoms with E-state index in [4.69, 9.17) is 9.47 Å². The van der Waals surface area contributed by atoms with Gasteiger partial charge in [-0.1, -0.05) is 0 Å². The van der Waals surface area contributed by atoms with Gasteiger partial charge in [0.2, 0.25) is 5.16 Å². The maximum atomic E-state index is 12.6. The van der Waals surface area contributed by atoms with E-state index in [0.717, 1.165) is 11.1 Å². The van der Waals surface area contributed by atoms with Crippen molar-refractivity contribution >= 4 is 21.1 Å². The van der Waals surface area contributed by atoms with Gasteiger partial charge < -0.3 is 30.9 Å². The molecular weight excluding hydrogens is 404 g/mol. The summed E-state index contributed by atoms with van der Waals surface area (Å²) in [5.74, 6) is 1.30. The molecule has 2 heterocycles. The van der Waals surface area contributed by atoms with E-state index in [1.165, 1.54) is 7.11 Å². The van der Waals surface area contributed by atoms with Crippen molar-refractivity contribution in [2.75, 3.05) is 14.2 Å². The van der Waals surface area contributed by atoms with Crippen molar-refractivity contribution in [2.45, 2.75) is 25.5 Å². The number of hydrogen-bond donors (Lipinski definition) is 2. The molecule has 0 bridgehead atoms. The van der Waals surface area contributed by atoms with E-state index in [0.29, 0.717) is 28.2 Å². The first-order chi connectivity index (χ1) is 12.4. The molecule has 3 aromatic rings. The monoisotopic (exact) mass is 430 g/mol. The number of sulfonamides is 1. The number of benzene rings is 1. The van der Waals surface area contributed by atoms with Gasteiger partial charge in [-0.2, -0.15) is 0 Å². The molecule has 0 spiro atoms. The lowest BCUT2D eigenvalue weighted by molar-refractivity contribution is 0.406. The summed E-state index contributed by atoms with van der Waals surface area (Å²) in [7, 11) is -0.709. The van der Waals surface area contributed by atoms with Gasteiger partial charge in [0.25, 0.3) is 10.0 Å². The van der Waals surface area contributed by atoms with Crippen LogP contribution in [-0.2, 0) is 16.6 Å². The molecule has 1 aromatic carbocycles. The van der Waals surface area contributed by atoms with Crippen LogP contribution in [0, 0.1) is 13.8 Å². The predicted molar refractivity (Wildman–Crippen MR) is 108 cm³/mol. The number of fused-ring (bicyclic) bond motifs is 1. The first-order valence-electron chi connectivity index (χ1n) is 7.88. The highest BCUT2D eigenvalue weighted by Gasteiger charge is 2.20. The Hall–Kier alpha value is -2.77. The molecule has 8 N–H and O–H groups in total. The number of imidazole rings is 1. The van der Waals surface area contributed by atoms with Crippen molar-refractivity contribution in [3.63, 3.8) is 0 Å². The average Bonchev–Trinajstić information content (AvgIpc) is 3.05. The van der Waals surface area contributed by atoms with Crippen molar-refractivity contribution in [3.05, 3.63) is 41.2 Å². The Morgan fingerprint density at radius 2 is 1.79 bits per heavy atom. The van der Waals surface area contributed by atoms with E-state index < -0.39 is 10.0 Å². The van der Waals surface area contributed by atoms with Crippen LogP contribution in [0.5, 0.6) is 11.5 Å². The van der Waals surface area contributed by atoms with Gasteiger partial charge in [0.1, 0.15) is 11.5 Å². The minimum atomic E-state index is -3.82. The number of aromatic amines is 1. The number of rotatable bonds is 6. The summed E-state index contributed by atoms with van der Waals surface area (Å²) in [5.41, 5.74) is 3.40. The second-order valence-corrected chi connectivity index (χ2v) is 7.48. The number of ether oxygens (including phenoxy) is 2. The third-order valence-electron chi connectivity index (χ3n) is 4.10.